The van der Waals surface area contributed by atoms with Gasteiger partial charge in [0.1, 0.15) is 0 Å². The molecule has 2 heteroatoms. The molecule has 0 N–H and O–H groups in total. The molecule has 2 heterocycles. The molecule has 0 amide bonds. The molecule has 0 bridgehead atoms. The molecule has 252 valence electrons. The first kappa shape index (κ1) is 30.5. The molecule has 0 unspecified atom stereocenters. The van der Waals surface area contributed by atoms with Crippen LogP contribution in [0.15, 0.2) is 206 Å². The zero-order valence-corrected chi connectivity index (χ0v) is 29.5. The van der Waals surface area contributed by atoms with E-state index in [1.54, 1.807) is 0 Å². The predicted octanol–water partition coefficient (Wildman–Crippen LogP) is 14.0. The third-order valence-electron chi connectivity index (χ3n) is 11.1. The van der Waals surface area contributed by atoms with Gasteiger partial charge in [-0.3, -0.25) is 0 Å². The fraction of sp³-hybridized carbons (Fsp3) is 0. The van der Waals surface area contributed by atoms with E-state index in [9.17, 15) is 0 Å². The molecule has 54 heavy (non-hydrogen) atoms. The highest BCUT2D eigenvalue weighted by atomic mass is 15.0. The van der Waals surface area contributed by atoms with Crippen molar-refractivity contribution >= 4 is 54.4 Å². The highest BCUT2D eigenvalue weighted by molar-refractivity contribution is 6.13. The third-order valence-corrected chi connectivity index (χ3v) is 11.1. The van der Waals surface area contributed by atoms with Gasteiger partial charge in [-0.15, -0.1) is 0 Å². The van der Waals surface area contributed by atoms with Crippen molar-refractivity contribution in [2.24, 2.45) is 0 Å². The first-order valence-electron chi connectivity index (χ1n) is 18.6. The van der Waals surface area contributed by atoms with Crippen molar-refractivity contribution in [1.82, 2.24) is 9.13 Å². The van der Waals surface area contributed by atoms with E-state index in [-0.39, 0.29) is 0 Å². The van der Waals surface area contributed by atoms with Crippen molar-refractivity contribution in [3.8, 4) is 44.8 Å². The Bertz CT molecular complexity index is 3180. The van der Waals surface area contributed by atoms with E-state index in [2.05, 4.69) is 215 Å². The smallest absolute Gasteiger partial charge is 0.0541 e. The molecule has 2 aromatic heterocycles. The van der Waals surface area contributed by atoms with Crippen LogP contribution in [0.2, 0.25) is 0 Å². The van der Waals surface area contributed by atoms with E-state index in [1.165, 1.54) is 87.8 Å². The minimum absolute atomic E-state index is 1.16. The third kappa shape index (κ3) is 4.81. The number of para-hydroxylation sites is 2. The second kappa shape index (κ2) is 12.2. The van der Waals surface area contributed by atoms with E-state index in [0.29, 0.717) is 0 Å². The number of nitrogens with zero attached hydrogens (tertiary/aromatic N) is 2. The molecule has 0 aliphatic carbocycles. The standard InChI is InChI=1S/C52H34N2/c1-3-13-35(14-4-1)36-23-27-41(28-24-36)53-49-21-11-9-19-44(49)47-32-38(25-29-51(47)53)39-26-30-52-48(33-39)45-20-10-12-22-50(45)54(52)42-31-40-17-7-8-18-43(40)46(34-42)37-15-5-2-6-16-37/h1-34H. The average molecular weight is 687 g/mol. The van der Waals surface area contributed by atoms with Crippen molar-refractivity contribution in [2.75, 3.05) is 0 Å². The summed E-state index contributed by atoms with van der Waals surface area (Å²) in [5.41, 5.74) is 14.5. The molecular formula is C52H34N2. The number of fused-ring (bicyclic) bond motifs is 7. The highest BCUT2D eigenvalue weighted by Gasteiger charge is 2.17. The Hall–Kier alpha value is -7.16. The molecule has 2 nitrogen and oxygen atoms in total. The average Bonchev–Trinajstić information content (AvgIpc) is 3.76. The largest absolute Gasteiger partial charge is 0.309 e. The molecule has 0 atom stereocenters. The summed E-state index contributed by atoms with van der Waals surface area (Å²) in [6.45, 7) is 0. The van der Waals surface area contributed by atoms with Gasteiger partial charge in [0.05, 0.1) is 22.1 Å². The van der Waals surface area contributed by atoms with Crippen molar-refractivity contribution in [3.63, 3.8) is 0 Å². The SMILES string of the molecule is c1ccc(-c2ccc(-n3c4ccccc4c4cc(-c5ccc6c(c5)c5ccccc5n6-c5cc(-c6ccccc6)c6ccccc6c5)ccc43)cc2)cc1. The lowest BCUT2D eigenvalue weighted by Gasteiger charge is -2.14. The Kier molecular flexibility index (Phi) is 6.90. The van der Waals surface area contributed by atoms with Gasteiger partial charge in [-0.1, -0.05) is 146 Å². The molecule has 0 fully saturated rings. The molecule has 0 saturated carbocycles. The lowest BCUT2D eigenvalue weighted by atomic mass is 9.97. The molecule has 11 rings (SSSR count). The molecule has 0 spiro atoms. The van der Waals surface area contributed by atoms with Crippen molar-refractivity contribution in [1.29, 1.82) is 0 Å². The summed E-state index contributed by atoms with van der Waals surface area (Å²) in [6, 6.07) is 75.2. The number of benzene rings is 9. The Morgan fingerprint density at radius 2 is 0.685 bits per heavy atom. The normalized spacial score (nSPS) is 11.7. The Labute approximate surface area is 313 Å². The first-order chi connectivity index (χ1) is 26.8. The zero-order valence-electron chi connectivity index (χ0n) is 29.5. The van der Waals surface area contributed by atoms with Crippen LogP contribution in [0.4, 0.5) is 0 Å². The summed E-state index contributed by atoms with van der Waals surface area (Å²) < 4.78 is 4.83. The van der Waals surface area contributed by atoms with E-state index >= 15 is 0 Å². The lowest BCUT2D eigenvalue weighted by Crippen LogP contribution is -1.95. The van der Waals surface area contributed by atoms with E-state index in [4.69, 9.17) is 0 Å². The molecule has 0 radical (unpaired) electrons. The van der Waals surface area contributed by atoms with Gasteiger partial charge < -0.3 is 9.13 Å². The topological polar surface area (TPSA) is 9.86 Å². The minimum atomic E-state index is 1.16. The van der Waals surface area contributed by atoms with Crippen LogP contribution in [0, 0.1) is 0 Å². The van der Waals surface area contributed by atoms with Crippen molar-refractivity contribution in [3.05, 3.63) is 206 Å². The summed E-state index contributed by atoms with van der Waals surface area (Å²) in [4.78, 5) is 0. The molecule has 0 aliphatic rings. The Morgan fingerprint density at radius 3 is 1.30 bits per heavy atom. The lowest BCUT2D eigenvalue weighted by molar-refractivity contribution is 1.18. The molecule has 9 aromatic carbocycles. The summed E-state index contributed by atoms with van der Waals surface area (Å²) >= 11 is 0. The summed E-state index contributed by atoms with van der Waals surface area (Å²) in [5.74, 6) is 0. The molecule has 0 saturated heterocycles. The van der Waals surface area contributed by atoms with Gasteiger partial charge in [0, 0.05) is 32.9 Å². The van der Waals surface area contributed by atoms with Crippen molar-refractivity contribution in [2.45, 2.75) is 0 Å². The zero-order chi connectivity index (χ0) is 35.6. The van der Waals surface area contributed by atoms with Crippen LogP contribution in [0.25, 0.3) is 99.1 Å². The molecule has 11 aromatic rings. The second-order valence-corrected chi connectivity index (χ2v) is 14.2. The van der Waals surface area contributed by atoms with E-state index in [0.717, 1.165) is 11.4 Å². The summed E-state index contributed by atoms with van der Waals surface area (Å²) in [7, 11) is 0. The van der Waals surface area contributed by atoms with E-state index in [1.807, 2.05) is 0 Å². The predicted molar refractivity (Wildman–Crippen MR) is 229 cm³/mol. The fourth-order valence-corrected chi connectivity index (χ4v) is 8.58. The van der Waals surface area contributed by atoms with Gasteiger partial charge >= 0.3 is 0 Å². The monoisotopic (exact) mass is 686 g/mol. The maximum atomic E-state index is 2.44. The second-order valence-electron chi connectivity index (χ2n) is 14.2. The Balaban J connectivity index is 1.06. The minimum Gasteiger partial charge on any atom is -0.309 e. The van der Waals surface area contributed by atoms with Gasteiger partial charge in [0.15, 0.2) is 0 Å². The first-order valence-corrected chi connectivity index (χ1v) is 18.6. The van der Waals surface area contributed by atoms with E-state index < -0.39 is 0 Å². The maximum Gasteiger partial charge on any atom is 0.0541 e. The van der Waals surface area contributed by atoms with Crippen LogP contribution >= 0.6 is 0 Å². The number of hydrogen-bond donors (Lipinski definition) is 0. The van der Waals surface area contributed by atoms with Crippen LogP contribution < -0.4 is 0 Å². The highest BCUT2D eigenvalue weighted by Crippen LogP contribution is 2.40. The molecular weight excluding hydrogens is 653 g/mol. The van der Waals surface area contributed by atoms with Crippen LogP contribution in [0.1, 0.15) is 0 Å². The van der Waals surface area contributed by atoms with Gasteiger partial charge in [-0.2, -0.15) is 0 Å². The summed E-state index contributed by atoms with van der Waals surface area (Å²) in [6.07, 6.45) is 0. The fourth-order valence-electron chi connectivity index (χ4n) is 8.58. The van der Waals surface area contributed by atoms with Crippen LogP contribution in [0.3, 0.4) is 0 Å². The van der Waals surface area contributed by atoms with Crippen LogP contribution in [-0.4, -0.2) is 9.13 Å². The van der Waals surface area contributed by atoms with Gasteiger partial charge in [0.25, 0.3) is 0 Å². The van der Waals surface area contributed by atoms with Gasteiger partial charge in [-0.25, -0.2) is 0 Å². The number of rotatable bonds is 5. The number of aromatic nitrogens is 2. The van der Waals surface area contributed by atoms with Crippen molar-refractivity contribution < 1.29 is 0 Å². The maximum absolute atomic E-state index is 2.44. The van der Waals surface area contributed by atoms with Gasteiger partial charge in [0.2, 0.25) is 0 Å². The van der Waals surface area contributed by atoms with Crippen LogP contribution in [0.5, 0.6) is 0 Å². The van der Waals surface area contributed by atoms with Gasteiger partial charge in [-0.05, 0) is 105 Å². The number of hydrogen-bond acceptors (Lipinski definition) is 0. The Morgan fingerprint density at radius 1 is 0.241 bits per heavy atom. The van der Waals surface area contributed by atoms with Crippen LogP contribution in [-0.2, 0) is 0 Å². The quantitative estimate of drug-likeness (QED) is 0.171. The summed E-state index contributed by atoms with van der Waals surface area (Å²) in [5, 5.41) is 7.50. The molecule has 0 aliphatic heterocycles.